The Hall–Kier alpha value is -2.18. The molecule has 3 rings (SSSR count). The molecule has 0 aliphatic carbocycles. The number of nitrogens with zero attached hydrogens (tertiary/aromatic N) is 2. The molecule has 1 fully saturated rings. The largest absolute Gasteiger partial charge is 0.345 e. The molecule has 0 radical (unpaired) electrons. The lowest BCUT2D eigenvalue weighted by atomic mass is 10.2. The van der Waals surface area contributed by atoms with Gasteiger partial charge in [0.15, 0.2) is 10.2 Å². The highest BCUT2D eigenvalue weighted by molar-refractivity contribution is 7.80. The smallest absolute Gasteiger partial charge is 0.173 e. The molecule has 4 nitrogen and oxygen atoms in total. The molecule has 1 saturated heterocycles. The Labute approximate surface area is 159 Å². The van der Waals surface area contributed by atoms with Crippen molar-refractivity contribution in [3.05, 3.63) is 60.7 Å². The highest BCUT2D eigenvalue weighted by atomic mass is 32.1. The van der Waals surface area contributed by atoms with E-state index in [-0.39, 0.29) is 6.04 Å². The average molecular weight is 371 g/mol. The highest BCUT2D eigenvalue weighted by Gasteiger charge is 2.26. The van der Waals surface area contributed by atoms with Crippen molar-refractivity contribution in [3.8, 4) is 0 Å². The van der Waals surface area contributed by atoms with Crippen LogP contribution >= 0.6 is 24.4 Å². The molecule has 130 valence electrons. The lowest BCUT2D eigenvalue weighted by Crippen LogP contribution is -2.57. The fourth-order valence-corrected chi connectivity index (χ4v) is 3.56. The zero-order valence-electron chi connectivity index (χ0n) is 14.2. The molecule has 2 aromatic rings. The molecule has 1 atom stereocenters. The van der Waals surface area contributed by atoms with Crippen LogP contribution in [0.25, 0.3) is 0 Å². The van der Waals surface area contributed by atoms with Gasteiger partial charge < -0.3 is 20.4 Å². The Morgan fingerprint density at radius 3 is 1.88 bits per heavy atom. The third kappa shape index (κ3) is 4.67. The number of nitrogens with one attached hydrogen (secondary N) is 2. The first-order chi connectivity index (χ1) is 12.1. The van der Waals surface area contributed by atoms with Crippen LogP contribution in [0.2, 0.25) is 0 Å². The van der Waals surface area contributed by atoms with Gasteiger partial charge in [0.2, 0.25) is 0 Å². The summed E-state index contributed by atoms with van der Waals surface area (Å²) in [5, 5.41) is 8.15. The summed E-state index contributed by atoms with van der Waals surface area (Å²) >= 11 is 11.2. The van der Waals surface area contributed by atoms with Gasteiger partial charge in [0.1, 0.15) is 0 Å². The first-order valence-corrected chi connectivity index (χ1v) is 9.19. The van der Waals surface area contributed by atoms with Crippen LogP contribution in [0.5, 0.6) is 0 Å². The SMILES string of the molecule is C[C@@H]1CN(C(=S)Nc2ccccc2)CCN1C(=S)Nc1ccccc1. The number of thiocarbonyl (C=S) groups is 2. The highest BCUT2D eigenvalue weighted by Crippen LogP contribution is 2.15. The summed E-state index contributed by atoms with van der Waals surface area (Å²) in [6.07, 6.45) is 0. The molecule has 0 amide bonds. The average Bonchev–Trinajstić information content (AvgIpc) is 2.63. The van der Waals surface area contributed by atoms with E-state index in [2.05, 4.69) is 27.4 Å². The van der Waals surface area contributed by atoms with E-state index >= 15 is 0 Å². The minimum absolute atomic E-state index is 0.285. The van der Waals surface area contributed by atoms with E-state index in [0.29, 0.717) is 0 Å². The number of para-hydroxylation sites is 2. The molecule has 0 spiro atoms. The monoisotopic (exact) mass is 370 g/mol. The molecular formula is C19H22N4S2. The van der Waals surface area contributed by atoms with Crippen LogP contribution in [-0.2, 0) is 0 Å². The van der Waals surface area contributed by atoms with Crippen LogP contribution in [0.4, 0.5) is 11.4 Å². The molecule has 0 saturated carbocycles. The van der Waals surface area contributed by atoms with Gasteiger partial charge in [-0.1, -0.05) is 36.4 Å². The van der Waals surface area contributed by atoms with Crippen molar-refractivity contribution in [1.29, 1.82) is 0 Å². The maximum Gasteiger partial charge on any atom is 0.173 e. The molecule has 1 aliphatic heterocycles. The maximum absolute atomic E-state index is 5.59. The Morgan fingerprint density at radius 2 is 1.36 bits per heavy atom. The molecule has 0 unspecified atom stereocenters. The summed E-state index contributed by atoms with van der Waals surface area (Å²) in [6.45, 7) is 4.71. The Balaban J connectivity index is 1.55. The first-order valence-electron chi connectivity index (χ1n) is 8.37. The molecule has 1 heterocycles. The Bertz CT molecular complexity index is 721. The van der Waals surface area contributed by atoms with E-state index in [1.807, 2.05) is 60.7 Å². The quantitative estimate of drug-likeness (QED) is 0.782. The van der Waals surface area contributed by atoms with Gasteiger partial charge in [-0.05, 0) is 55.6 Å². The second-order valence-corrected chi connectivity index (χ2v) is 6.85. The summed E-state index contributed by atoms with van der Waals surface area (Å²) < 4.78 is 0. The predicted molar refractivity (Wildman–Crippen MR) is 113 cm³/mol. The van der Waals surface area contributed by atoms with E-state index in [9.17, 15) is 0 Å². The van der Waals surface area contributed by atoms with E-state index < -0.39 is 0 Å². The third-order valence-corrected chi connectivity index (χ3v) is 4.92. The first kappa shape index (κ1) is 17.6. The zero-order valence-corrected chi connectivity index (χ0v) is 15.8. The van der Waals surface area contributed by atoms with Gasteiger partial charge in [-0.2, -0.15) is 0 Å². The van der Waals surface area contributed by atoms with Crippen LogP contribution in [0.1, 0.15) is 6.92 Å². The van der Waals surface area contributed by atoms with Gasteiger partial charge in [0, 0.05) is 37.1 Å². The van der Waals surface area contributed by atoms with Crippen molar-refractivity contribution in [2.75, 3.05) is 30.3 Å². The molecule has 1 aliphatic rings. The molecular weight excluding hydrogens is 348 g/mol. The Morgan fingerprint density at radius 1 is 0.840 bits per heavy atom. The third-order valence-electron chi connectivity index (χ3n) is 4.23. The minimum Gasteiger partial charge on any atom is -0.345 e. The van der Waals surface area contributed by atoms with Gasteiger partial charge in [0.05, 0.1) is 0 Å². The number of anilines is 2. The summed E-state index contributed by atoms with van der Waals surface area (Å²) in [4.78, 5) is 4.43. The van der Waals surface area contributed by atoms with E-state index in [4.69, 9.17) is 24.4 Å². The summed E-state index contributed by atoms with van der Waals surface area (Å²) in [5.41, 5.74) is 2.03. The zero-order chi connectivity index (χ0) is 17.6. The van der Waals surface area contributed by atoms with Crippen molar-refractivity contribution >= 4 is 46.0 Å². The Kier molecular flexibility index (Phi) is 5.83. The van der Waals surface area contributed by atoms with Gasteiger partial charge in [-0.25, -0.2) is 0 Å². The van der Waals surface area contributed by atoms with Crippen LogP contribution in [-0.4, -0.2) is 45.7 Å². The number of rotatable bonds is 2. The van der Waals surface area contributed by atoms with Gasteiger partial charge in [0.25, 0.3) is 0 Å². The van der Waals surface area contributed by atoms with Crippen LogP contribution in [0.15, 0.2) is 60.7 Å². The number of benzene rings is 2. The molecule has 0 bridgehead atoms. The summed E-state index contributed by atoms with van der Waals surface area (Å²) in [6, 6.07) is 20.4. The van der Waals surface area contributed by atoms with Gasteiger partial charge in [-0.3, -0.25) is 0 Å². The fourth-order valence-electron chi connectivity index (χ4n) is 2.88. The number of piperazine rings is 1. The fraction of sp³-hybridized carbons (Fsp3) is 0.263. The van der Waals surface area contributed by atoms with Crippen molar-refractivity contribution in [2.45, 2.75) is 13.0 Å². The second-order valence-electron chi connectivity index (χ2n) is 6.08. The molecule has 2 aromatic carbocycles. The van der Waals surface area contributed by atoms with Crippen LogP contribution < -0.4 is 10.6 Å². The van der Waals surface area contributed by atoms with E-state index in [0.717, 1.165) is 41.2 Å². The van der Waals surface area contributed by atoms with Crippen molar-refractivity contribution < 1.29 is 0 Å². The standard InChI is InChI=1S/C19H22N4S2/c1-15-14-22(18(24)20-16-8-4-2-5-9-16)12-13-23(15)19(25)21-17-10-6-3-7-11-17/h2-11,15H,12-14H2,1H3,(H,20,24)(H,21,25)/t15-/m1/s1. The number of hydrogen-bond donors (Lipinski definition) is 2. The second kappa shape index (κ2) is 8.27. The molecule has 0 aromatic heterocycles. The lowest BCUT2D eigenvalue weighted by Gasteiger charge is -2.42. The van der Waals surface area contributed by atoms with Gasteiger partial charge >= 0.3 is 0 Å². The molecule has 25 heavy (non-hydrogen) atoms. The normalized spacial score (nSPS) is 17.1. The van der Waals surface area contributed by atoms with Crippen LogP contribution in [0, 0.1) is 0 Å². The van der Waals surface area contributed by atoms with Crippen LogP contribution in [0.3, 0.4) is 0 Å². The summed E-state index contributed by atoms with van der Waals surface area (Å²) in [7, 11) is 0. The van der Waals surface area contributed by atoms with Crippen molar-refractivity contribution in [2.24, 2.45) is 0 Å². The minimum atomic E-state index is 0.285. The van der Waals surface area contributed by atoms with E-state index in [1.165, 1.54) is 0 Å². The molecule has 2 N–H and O–H groups in total. The molecule has 6 heteroatoms. The van der Waals surface area contributed by atoms with Crippen molar-refractivity contribution in [3.63, 3.8) is 0 Å². The predicted octanol–water partition coefficient (Wildman–Crippen LogP) is 3.79. The number of hydrogen-bond acceptors (Lipinski definition) is 2. The van der Waals surface area contributed by atoms with Crippen molar-refractivity contribution in [1.82, 2.24) is 9.80 Å². The summed E-state index contributed by atoms with van der Waals surface area (Å²) in [5.74, 6) is 0. The topological polar surface area (TPSA) is 30.5 Å². The van der Waals surface area contributed by atoms with E-state index in [1.54, 1.807) is 0 Å². The maximum atomic E-state index is 5.59. The lowest BCUT2D eigenvalue weighted by molar-refractivity contribution is 0.200. The van der Waals surface area contributed by atoms with Gasteiger partial charge in [-0.15, -0.1) is 0 Å².